The van der Waals surface area contributed by atoms with Gasteiger partial charge < -0.3 is 0 Å². The SMILES string of the molecule is CC.CC1C=CCN1N. The topological polar surface area (TPSA) is 29.3 Å². The van der Waals surface area contributed by atoms with E-state index in [4.69, 9.17) is 5.84 Å². The molecule has 1 unspecified atom stereocenters. The summed E-state index contributed by atoms with van der Waals surface area (Å²) in [7, 11) is 0. The van der Waals surface area contributed by atoms with Gasteiger partial charge in [-0.05, 0) is 6.92 Å². The summed E-state index contributed by atoms with van der Waals surface area (Å²) in [5.74, 6) is 5.45. The van der Waals surface area contributed by atoms with Crippen molar-refractivity contribution in [3.63, 3.8) is 0 Å². The van der Waals surface area contributed by atoms with Crippen LogP contribution < -0.4 is 5.84 Å². The number of nitrogens with two attached hydrogens (primary N) is 1. The summed E-state index contributed by atoms with van der Waals surface area (Å²) in [4.78, 5) is 0. The number of hydrazine groups is 1. The smallest absolute Gasteiger partial charge is 0.0396 e. The van der Waals surface area contributed by atoms with Gasteiger partial charge in [-0.25, -0.2) is 5.01 Å². The lowest BCUT2D eigenvalue weighted by atomic mass is 10.4. The molecule has 1 aliphatic heterocycles. The Morgan fingerprint density at radius 1 is 1.56 bits per heavy atom. The van der Waals surface area contributed by atoms with Gasteiger partial charge in [0.05, 0.1) is 0 Å². The molecule has 9 heavy (non-hydrogen) atoms. The van der Waals surface area contributed by atoms with Crippen LogP contribution in [0.1, 0.15) is 20.8 Å². The Hall–Kier alpha value is -0.340. The molecule has 1 atom stereocenters. The summed E-state index contributed by atoms with van der Waals surface area (Å²) < 4.78 is 0. The zero-order valence-corrected chi connectivity index (χ0v) is 6.46. The van der Waals surface area contributed by atoms with Crippen LogP contribution in [0.2, 0.25) is 0 Å². The Morgan fingerprint density at radius 3 is 2.22 bits per heavy atom. The van der Waals surface area contributed by atoms with Crippen molar-refractivity contribution in [1.29, 1.82) is 0 Å². The monoisotopic (exact) mass is 128 g/mol. The zero-order valence-electron chi connectivity index (χ0n) is 6.46. The highest BCUT2D eigenvalue weighted by Gasteiger charge is 2.08. The van der Waals surface area contributed by atoms with Crippen molar-refractivity contribution >= 4 is 0 Å². The molecular weight excluding hydrogens is 112 g/mol. The van der Waals surface area contributed by atoms with Crippen LogP contribution in [0.3, 0.4) is 0 Å². The van der Waals surface area contributed by atoms with Crippen LogP contribution in [-0.4, -0.2) is 17.6 Å². The quantitative estimate of drug-likeness (QED) is 0.391. The van der Waals surface area contributed by atoms with E-state index in [1.54, 1.807) is 5.01 Å². The lowest BCUT2D eigenvalue weighted by Crippen LogP contribution is -2.34. The molecule has 0 aromatic heterocycles. The fraction of sp³-hybridized carbons (Fsp3) is 0.714. The molecule has 1 aliphatic rings. The first kappa shape index (κ1) is 8.66. The lowest BCUT2D eigenvalue weighted by Gasteiger charge is -2.11. The molecule has 0 aliphatic carbocycles. The van der Waals surface area contributed by atoms with E-state index in [9.17, 15) is 0 Å². The van der Waals surface area contributed by atoms with Gasteiger partial charge in [0.2, 0.25) is 0 Å². The Morgan fingerprint density at radius 2 is 2.11 bits per heavy atom. The molecule has 0 spiro atoms. The molecule has 0 radical (unpaired) electrons. The van der Waals surface area contributed by atoms with E-state index in [0.29, 0.717) is 6.04 Å². The van der Waals surface area contributed by atoms with Crippen LogP contribution in [0, 0.1) is 0 Å². The number of hydrogen-bond acceptors (Lipinski definition) is 2. The van der Waals surface area contributed by atoms with Gasteiger partial charge in [0.1, 0.15) is 0 Å². The summed E-state index contributed by atoms with van der Waals surface area (Å²) in [6.45, 7) is 6.98. The van der Waals surface area contributed by atoms with Gasteiger partial charge in [-0.1, -0.05) is 26.0 Å². The summed E-state index contributed by atoms with van der Waals surface area (Å²) in [5.41, 5.74) is 0. The van der Waals surface area contributed by atoms with Crippen LogP contribution >= 0.6 is 0 Å². The third kappa shape index (κ3) is 2.63. The van der Waals surface area contributed by atoms with Gasteiger partial charge in [-0.2, -0.15) is 0 Å². The minimum atomic E-state index is 0.444. The number of hydrogen-bond donors (Lipinski definition) is 1. The van der Waals surface area contributed by atoms with Crippen molar-refractivity contribution in [2.45, 2.75) is 26.8 Å². The molecule has 1 rings (SSSR count). The molecule has 2 N–H and O–H groups in total. The summed E-state index contributed by atoms with van der Waals surface area (Å²) in [5, 5.41) is 1.79. The zero-order chi connectivity index (χ0) is 7.28. The lowest BCUT2D eigenvalue weighted by molar-refractivity contribution is 0.297. The first-order chi connectivity index (χ1) is 4.30. The third-order valence-electron chi connectivity index (χ3n) is 1.25. The highest BCUT2D eigenvalue weighted by atomic mass is 15.4. The fourth-order valence-electron chi connectivity index (χ4n) is 0.656. The summed E-state index contributed by atoms with van der Waals surface area (Å²) in [6.07, 6.45) is 4.17. The maximum absolute atomic E-state index is 5.45. The molecule has 0 saturated carbocycles. The van der Waals surface area contributed by atoms with Crippen molar-refractivity contribution in [3.8, 4) is 0 Å². The largest absolute Gasteiger partial charge is 0.268 e. The first-order valence-electron chi connectivity index (χ1n) is 3.48. The van der Waals surface area contributed by atoms with E-state index in [1.807, 2.05) is 13.8 Å². The van der Waals surface area contributed by atoms with Gasteiger partial charge in [-0.3, -0.25) is 5.84 Å². The molecule has 54 valence electrons. The van der Waals surface area contributed by atoms with Crippen LogP contribution in [0.25, 0.3) is 0 Å². The third-order valence-corrected chi connectivity index (χ3v) is 1.25. The second-order valence-electron chi connectivity index (χ2n) is 1.87. The van der Waals surface area contributed by atoms with E-state index in [-0.39, 0.29) is 0 Å². The minimum absolute atomic E-state index is 0.444. The van der Waals surface area contributed by atoms with Crippen molar-refractivity contribution in [1.82, 2.24) is 5.01 Å². The molecule has 1 heterocycles. The van der Waals surface area contributed by atoms with Gasteiger partial charge in [0.25, 0.3) is 0 Å². The number of nitrogens with zero attached hydrogens (tertiary/aromatic N) is 1. The summed E-state index contributed by atoms with van der Waals surface area (Å²) >= 11 is 0. The van der Waals surface area contributed by atoms with Crippen LogP contribution in [-0.2, 0) is 0 Å². The van der Waals surface area contributed by atoms with Gasteiger partial charge >= 0.3 is 0 Å². The maximum atomic E-state index is 5.45. The van der Waals surface area contributed by atoms with E-state index < -0.39 is 0 Å². The molecule has 0 aromatic rings. The first-order valence-corrected chi connectivity index (χ1v) is 3.48. The molecule has 0 aromatic carbocycles. The normalized spacial score (nSPS) is 25.6. The fourth-order valence-corrected chi connectivity index (χ4v) is 0.656. The molecule has 0 saturated heterocycles. The Kier molecular flexibility index (Phi) is 4.36. The second kappa shape index (κ2) is 4.53. The van der Waals surface area contributed by atoms with Crippen LogP contribution in [0.5, 0.6) is 0 Å². The van der Waals surface area contributed by atoms with E-state index in [0.717, 1.165) is 6.54 Å². The van der Waals surface area contributed by atoms with Crippen molar-refractivity contribution in [2.75, 3.05) is 6.54 Å². The maximum Gasteiger partial charge on any atom is 0.0396 e. The Bertz CT molecular complexity index is 88.9. The standard InChI is InChI=1S/C5H10N2.C2H6/c1-5-3-2-4-7(5)6;1-2/h2-3,5H,4,6H2,1H3;1-2H3. The second-order valence-corrected chi connectivity index (χ2v) is 1.87. The predicted octanol–water partition coefficient (Wildman–Crippen LogP) is 1.15. The minimum Gasteiger partial charge on any atom is -0.268 e. The molecule has 2 heteroatoms. The van der Waals surface area contributed by atoms with Gasteiger partial charge in [0, 0.05) is 12.6 Å². The van der Waals surface area contributed by atoms with Crippen molar-refractivity contribution in [2.24, 2.45) is 5.84 Å². The van der Waals surface area contributed by atoms with Crippen molar-refractivity contribution in [3.05, 3.63) is 12.2 Å². The number of rotatable bonds is 0. The average Bonchev–Trinajstić information content (AvgIpc) is 2.23. The predicted molar refractivity (Wildman–Crippen MR) is 40.8 cm³/mol. The van der Waals surface area contributed by atoms with E-state index >= 15 is 0 Å². The Labute approximate surface area is 57.3 Å². The average molecular weight is 128 g/mol. The van der Waals surface area contributed by atoms with Crippen molar-refractivity contribution < 1.29 is 0 Å². The van der Waals surface area contributed by atoms with Gasteiger partial charge in [-0.15, -0.1) is 0 Å². The Balaban J connectivity index is 0.000000291. The molecule has 0 fully saturated rings. The molecule has 0 bridgehead atoms. The van der Waals surface area contributed by atoms with E-state index in [2.05, 4.69) is 19.1 Å². The summed E-state index contributed by atoms with van der Waals surface area (Å²) in [6, 6.07) is 0.444. The molecular formula is C7H16N2. The van der Waals surface area contributed by atoms with Gasteiger partial charge in [0.15, 0.2) is 0 Å². The highest BCUT2D eigenvalue weighted by Crippen LogP contribution is 2.00. The highest BCUT2D eigenvalue weighted by molar-refractivity contribution is 4.99. The van der Waals surface area contributed by atoms with Crippen LogP contribution in [0.4, 0.5) is 0 Å². The molecule has 0 amide bonds. The molecule has 2 nitrogen and oxygen atoms in total. The van der Waals surface area contributed by atoms with E-state index in [1.165, 1.54) is 0 Å². The van der Waals surface area contributed by atoms with Crippen LogP contribution in [0.15, 0.2) is 12.2 Å².